The van der Waals surface area contributed by atoms with E-state index in [9.17, 15) is 4.79 Å². The molecule has 0 bridgehead atoms. The molecule has 0 saturated carbocycles. The molecule has 0 aromatic heterocycles. The number of carboxylic acid groups (broad SMARTS) is 1. The van der Waals surface area contributed by atoms with Gasteiger partial charge in [-0.05, 0) is 6.92 Å². The Bertz CT molecular complexity index is 61.2. The fourth-order valence-electron chi connectivity index (χ4n) is 0. The van der Waals surface area contributed by atoms with Gasteiger partial charge in [-0.15, -0.1) is 0 Å². The average molecular weight is 146 g/mol. The standard InChI is InChI=1S/C3H6O3.Fe/c1-2(4)3(5)6;/h2,4H,1H3,(H,5,6);/t2-;/m0./s1. The predicted molar refractivity (Wildman–Crippen MR) is 19.3 cm³/mol. The Morgan fingerprint density at radius 2 is 1.86 bits per heavy atom. The smallest absolute Gasteiger partial charge is 0.332 e. The Kier molecular flexibility index (Phi) is 5.91. The van der Waals surface area contributed by atoms with Gasteiger partial charge in [0.25, 0.3) is 0 Å². The molecule has 44 valence electrons. The summed E-state index contributed by atoms with van der Waals surface area (Å²) in [7, 11) is 0. The molecule has 2 N–H and O–H groups in total. The molecule has 4 heteroatoms. The van der Waals surface area contributed by atoms with Crippen LogP contribution in [0.5, 0.6) is 0 Å². The van der Waals surface area contributed by atoms with Crippen molar-refractivity contribution in [1.82, 2.24) is 0 Å². The molecule has 0 fully saturated rings. The topological polar surface area (TPSA) is 57.5 Å². The van der Waals surface area contributed by atoms with Crippen molar-refractivity contribution in [3.8, 4) is 0 Å². The van der Waals surface area contributed by atoms with Crippen molar-refractivity contribution in [3.05, 3.63) is 0 Å². The summed E-state index contributed by atoms with van der Waals surface area (Å²) >= 11 is 0. The van der Waals surface area contributed by atoms with E-state index in [1.807, 2.05) is 0 Å². The van der Waals surface area contributed by atoms with Gasteiger partial charge in [-0.1, -0.05) is 0 Å². The van der Waals surface area contributed by atoms with Gasteiger partial charge in [0, 0.05) is 17.1 Å². The van der Waals surface area contributed by atoms with Crippen LogP contribution in [0.15, 0.2) is 0 Å². The molecular formula is C3H6FeO3. The van der Waals surface area contributed by atoms with E-state index in [0.29, 0.717) is 0 Å². The number of aliphatic hydroxyl groups excluding tert-OH is 1. The molecular weight excluding hydrogens is 140 g/mol. The minimum Gasteiger partial charge on any atom is -0.479 e. The van der Waals surface area contributed by atoms with Gasteiger partial charge < -0.3 is 10.2 Å². The molecule has 0 aromatic rings. The first-order valence-corrected chi connectivity index (χ1v) is 1.55. The molecule has 0 aliphatic heterocycles. The maximum absolute atomic E-state index is 9.45. The molecule has 1 atom stereocenters. The number of aliphatic carboxylic acids is 1. The Morgan fingerprint density at radius 1 is 1.71 bits per heavy atom. The van der Waals surface area contributed by atoms with Crippen LogP contribution in [0.2, 0.25) is 0 Å². The van der Waals surface area contributed by atoms with E-state index in [2.05, 4.69) is 0 Å². The Balaban J connectivity index is 0. The van der Waals surface area contributed by atoms with Crippen LogP contribution < -0.4 is 0 Å². The number of rotatable bonds is 1. The van der Waals surface area contributed by atoms with Crippen LogP contribution in [0.3, 0.4) is 0 Å². The molecule has 0 amide bonds. The number of aliphatic hydroxyl groups is 1. The molecule has 0 aliphatic rings. The summed E-state index contributed by atoms with van der Waals surface area (Å²) in [6, 6.07) is 0. The number of hydrogen-bond donors (Lipinski definition) is 2. The fraction of sp³-hybridized carbons (Fsp3) is 0.667. The van der Waals surface area contributed by atoms with Crippen LogP contribution in [0, 0.1) is 0 Å². The minimum absolute atomic E-state index is 0. The van der Waals surface area contributed by atoms with Gasteiger partial charge in [0.2, 0.25) is 0 Å². The van der Waals surface area contributed by atoms with Crippen LogP contribution in [-0.2, 0) is 21.9 Å². The summed E-state index contributed by atoms with van der Waals surface area (Å²) in [6.07, 6.45) is -1.23. The number of carbonyl (C=O) groups is 1. The van der Waals surface area contributed by atoms with E-state index < -0.39 is 12.1 Å². The third-order valence-corrected chi connectivity index (χ3v) is 0.357. The monoisotopic (exact) mass is 146 g/mol. The Hall–Kier alpha value is -0.0505. The van der Waals surface area contributed by atoms with Crippen molar-refractivity contribution < 1.29 is 32.1 Å². The van der Waals surface area contributed by atoms with Crippen LogP contribution in [0.4, 0.5) is 0 Å². The molecule has 0 radical (unpaired) electrons. The zero-order valence-corrected chi connectivity index (χ0v) is 4.84. The number of hydrogen-bond acceptors (Lipinski definition) is 2. The molecule has 0 rings (SSSR count). The van der Waals surface area contributed by atoms with Gasteiger partial charge in [0.05, 0.1) is 0 Å². The third-order valence-electron chi connectivity index (χ3n) is 0.357. The van der Waals surface area contributed by atoms with Gasteiger partial charge >= 0.3 is 5.97 Å². The van der Waals surface area contributed by atoms with Gasteiger partial charge in [-0.3, -0.25) is 0 Å². The van der Waals surface area contributed by atoms with Crippen LogP contribution in [-0.4, -0.2) is 22.3 Å². The molecule has 0 spiro atoms. The maximum atomic E-state index is 9.45. The van der Waals surface area contributed by atoms with E-state index in [0.717, 1.165) is 0 Å². The van der Waals surface area contributed by atoms with Gasteiger partial charge in [0.15, 0.2) is 0 Å². The van der Waals surface area contributed by atoms with E-state index in [1.54, 1.807) is 0 Å². The molecule has 0 aromatic carbocycles. The summed E-state index contributed by atoms with van der Waals surface area (Å²) in [5, 5.41) is 15.8. The fourth-order valence-corrected chi connectivity index (χ4v) is 0. The first-order chi connectivity index (χ1) is 2.64. The molecule has 0 saturated heterocycles. The van der Waals surface area contributed by atoms with E-state index in [4.69, 9.17) is 10.2 Å². The second-order valence-electron chi connectivity index (χ2n) is 1.01. The van der Waals surface area contributed by atoms with Gasteiger partial charge in [-0.2, -0.15) is 0 Å². The molecule has 0 heterocycles. The summed E-state index contributed by atoms with van der Waals surface area (Å²) in [6.45, 7) is 1.20. The van der Waals surface area contributed by atoms with Gasteiger partial charge in [-0.25, -0.2) is 4.79 Å². The largest absolute Gasteiger partial charge is 0.479 e. The number of carboxylic acids is 1. The zero-order valence-electron chi connectivity index (χ0n) is 3.73. The SMILES string of the molecule is C[C@H](O)C(=O)O.[Fe]. The van der Waals surface area contributed by atoms with E-state index in [-0.39, 0.29) is 17.1 Å². The van der Waals surface area contributed by atoms with Crippen molar-refractivity contribution in [2.45, 2.75) is 13.0 Å². The third kappa shape index (κ3) is 5.95. The summed E-state index contributed by atoms with van der Waals surface area (Å²) in [5.41, 5.74) is 0. The minimum atomic E-state index is -1.23. The van der Waals surface area contributed by atoms with Gasteiger partial charge in [0.1, 0.15) is 6.10 Å². The second-order valence-corrected chi connectivity index (χ2v) is 1.01. The first-order valence-electron chi connectivity index (χ1n) is 1.55. The summed E-state index contributed by atoms with van der Waals surface area (Å²) in [5.74, 6) is -1.19. The van der Waals surface area contributed by atoms with Crippen molar-refractivity contribution in [2.24, 2.45) is 0 Å². The van der Waals surface area contributed by atoms with Crippen molar-refractivity contribution >= 4 is 5.97 Å². The summed E-state index contributed by atoms with van der Waals surface area (Å²) < 4.78 is 0. The normalized spacial score (nSPS) is 11.7. The Morgan fingerprint density at radius 3 is 1.86 bits per heavy atom. The van der Waals surface area contributed by atoms with Crippen molar-refractivity contribution in [2.75, 3.05) is 0 Å². The van der Waals surface area contributed by atoms with E-state index >= 15 is 0 Å². The molecule has 0 unspecified atom stereocenters. The molecule has 7 heavy (non-hydrogen) atoms. The second kappa shape index (κ2) is 4.12. The van der Waals surface area contributed by atoms with Crippen LogP contribution in [0.25, 0.3) is 0 Å². The average Bonchev–Trinajstić information content (AvgIpc) is 1.36. The zero-order chi connectivity index (χ0) is 5.15. The van der Waals surface area contributed by atoms with E-state index in [1.165, 1.54) is 6.92 Å². The predicted octanol–water partition coefficient (Wildman–Crippen LogP) is -0.551. The molecule has 3 nitrogen and oxygen atoms in total. The first kappa shape index (κ1) is 10.0. The Labute approximate surface area is 51.8 Å². The molecule has 0 aliphatic carbocycles. The van der Waals surface area contributed by atoms with Crippen LogP contribution >= 0.6 is 0 Å². The quantitative estimate of drug-likeness (QED) is 0.488. The van der Waals surface area contributed by atoms with Crippen LogP contribution in [0.1, 0.15) is 6.92 Å². The van der Waals surface area contributed by atoms with Crippen molar-refractivity contribution in [3.63, 3.8) is 0 Å². The summed E-state index contributed by atoms with van der Waals surface area (Å²) in [4.78, 5) is 9.45. The van der Waals surface area contributed by atoms with Crippen molar-refractivity contribution in [1.29, 1.82) is 0 Å². The maximum Gasteiger partial charge on any atom is 0.332 e.